The summed E-state index contributed by atoms with van der Waals surface area (Å²) in [6, 6.07) is 0. The van der Waals surface area contributed by atoms with E-state index in [0.29, 0.717) is 6.42 Å². The molecule has 0 amide bonds. The molecular formula is C15H27F3OSi. The summed E-state index contributed by atoms with van der Waals surface area (Å²) in [6.45, 7) is 9.85. The van der Waals surface area contributed by atoms with E-state index in [1.54, 1.807) is 0 Å². The molecule has 1 nitrogen and oxygen atoms in total. The van der Waals surface area contributed by atoms with E-state index in [0.717, 1.165) is 25.7 Å². The maximum absolute atomic E-state index is 12.7. The van der Waals surface area contributed by atoms with Crippen molar-refractivity contribution in [1.29, 1.82) is 0 Å². The van der Waals surface area contributed by atoms with Gasteiger partial charge in [-0.3, -0.25) is 0 Å². The van der Waals surface area contributed by atoms with E-state index in [-0.39, 0.29) is 17.9 Å². The molecule has 1 aliphatic carbocycles. The average Bonchev–Trinajstić information content (AvgIpc) is 2.58. The molecule has 0 heterocycles. The van der Waals surface area contributed by atoms with E-state index in [2.05, 4.69) is 26.2 Å². The quantitative estimate of drug-likeness (QED) is 0.341. The lowest BCUT2D eigenvalue weighted by Crippen LogP contribution is -2.38. The highest BCUT2D eigenvalue weighted by Gasteiger charge is 2.44. The number of unbranched alkanes of at least 4 members (excludes halogenated alkanes) is 1. The Balaban J connectivity index is 2.68. The van der Waals surface area contributed by atoms with Crippen LogP contribution in [0.5, 0.6) is 0 Å². The van der Waals surface area contributed by atoms with E-state index < -0.39 is 20.9 Å². The Labute approximate surface area is 121 Å². The molecule has 0 saturated heterocycles. The Bertz CT molecular complexity index is 309. The molecule has 0 aromatic carbocycles. The largest absolute Gasteiger partial charge is 0.414 e. The van der Waals surface area contributed by atoms with Crippen LogP contribution in [0.15, 0.2) is 12.7 Å². The number of alkyl halides is 3. The highest BCUT2D eigenvalue weighted by molar-refractivity contribution is 6.69. The van der Waals surface area contributed by atoms with Crippen molar-refractivity contribution in [2.24, 2.45) is 11.8 Å². The van der Waals surface area contributed by atoms with Crippen LogP contribution in [0.1, 0.15) is 38.5 Å². The van der Waals surface area contributed by atoms with Gasteiger partial charge in [-0.25, -0.2) is 0 Å². The molecule has 0 aromatic heterocycles. The lowest BCUT2D eigenvalue weighted by atomic mass is 9.94. The SMILES string of the molecule is C=CCCC[C@@H]1CCC(CC(F)(F)F)C1O[Si](C)(C)C. The minimum Gasteiger partial charge on any atom is -0.414 e. The van der Waals surface area contributed by atoms with E-state index >= 15 is 0 Å². The molecule has 1 saturated carbocycles. The Morgan fingerprint density at radius 1 is 1.20 bits per heavy atom. The lowest BCUT2D eigenvalue weighted by molar-refractivity contribution is -0.150. The zero-order valence-corrected chi connectivity index (χ0v) is 13.8. The van der Waals surface area contributed by atoms with Crippen LogP contribution in [-0.4, -0.2) is 20.6 Å². The summed E-state index contributed by atoms with van der Waals surface area (Å²) < 4.78 is 44.2. The maximum Gasteiger partial charge on any atom is 0.389 e. The second kappa shape index (κ2) is 7.12. The first-order valence-electron chi connectivity index (χ1n) is 7.48. The molecule has 0 bridgehead atoms. The van der Waals surface area contributed by atoms with E-state index in [9.17, 15) is 13.2 Å². The smallest absolute Gasteiger partial charge is 0.389 e. The van der Waals surface area contributed by atoms with Crippen LogP contribution in [0.25, 0.3) is 0 Å². The summed E-state index contributed by atoms with van der Waals surface area (Å²) in [7, 11) is -1.82. The molecular weight excluding hydrogens is 281 g/mol. The van der Waals surface area contributed by atoms with Crippen LogP contribution < -0.4 is 0 Å². The summed E-state index contributed by atoms with van der Waals surface area (Å²) in [6.07, 6.45) is 1.29. The second-order valence-electron chi connectivity index (χ2n) is 6.83. The van der Waals surface area contributed by atoms with Crippen LogP contribution in [0, 0.1) is 11.8 Å². The number of rotatable bonds is 7. The number of allylic oxidation sites excluding steroid dienone is 1. The van der Waals surface area contributed by atoms with E-state index in [4.69, 9.17) is 4.43 Å². The third-order valence-electron chi connectivity index (χ3n) is 3.80. The first-order valence-corrected chi connectivity index (χ1v) is 10.9. The van der Waals surface area contributed by atoms with Crippen LogP contribution in [-0.2, 0) is 4.43 Å². The van der Waals surface area contributed by atoms with E-state index in [1.165, 1.54) is 0 Å². The first-order chi connectivity index (χ1) is 9.12. The molecule has 118 valence electrons. The predicted molar refractivity (Wildman–Crippen MR) is 79.2 cm³/mol. The third-order valence-corrected chi connectivity index (χ3v) is 4.78. The van der Waals surface area contributed by atoms with Crippen molar-refractivity contribution in [2.45, 2.75) is 70.4 Å². The third kappa shape index (κ3) is 6.44. The van der Waals surface area contributed by atoms with Gasteiger partial charge in [-0.2, -0.15) is 13.2 Å². The zero-order chi connectivity index (χ0) is 15.4. The van der Waals surface area contributed by atoms with Crippen molar-refractivity contribution in [3.63, 3.8) is 0 Å². The van der Waals surface area contributed by atoms with Gasteiger partial charge in [0.05, 0.1) is 6.10 Å². The fraction of sp³-hybridized carbons (Fsp3) is 0.867. The first kappa shape index (κ1) is 17.8. The van der Waals surface area contributed by atoms with Crippen molar-refractivity contribution < 1.29 is 17.6 Å². The Morgan fingerprint density at radius 2 is 1.80 bits per heavy atom. The van der Waals surface area contributed by atoms with Gasteiger partial charge in [0.1, 0.15) is 0 Å². The second-order valence-corrected chi connectivity index (χ2v) is 11.3. The summed E-state index contributed by atoms with van der Waals surface area (Å²) in [5, 5.41) is 0. The summed E-state index contributed by atoms with van der Waals surface area (Å²) in [5.74, 6) is -0.0653. The molecule has 0 spiro atoms. The Hall–Kier alpha value is -0.293. The van der Waals surface area contributed by atoms with Gasteiger partial charge in [0.15, 0.2) is 8.32 Å². The van der Waals surface area contributed by atoms with Gasteiger partial charge in [-0.15, -0.1) is 6.58 Å². The van der Waals surface area contributed by atoms with Crippen LogP contribution in [0.3, 0.4) is 0 Å². The number of hydrogen-bond donors (Lipinski definition) is 0. The molecule has 3 atom stereocenters. The minimum absolute atomic E-state index is 0.201. The molecule has 20 heavy (non-hydrogen) atoms. The van der Waals surface area contributed by atoms with Crippen LogP contribution >= 0.6 is 0 Å². The molecule has 1 rings (SSSR count). The normalized spacial score (nSPS) is 27.8. The molecule has 1 fully saturated rings. The van der Waals surface area contributed by atoms with Crippen LogP contribution in [0.2, 0.25) is 19.6 Å². The van der Waals surface area contributed by atoms with Crippen molar-refractivity contribution in [3.05, 3.63) is 12.7 Å². The van der Waals surface area contributed by atoms with Gasteiger partial charge in [0.2, 0.25) is 0 Å². The van der Waals surface area contributed by atoms with Gasteiger partial charge in [0.25, 0.3) is 0 Å². The fourth-order valence-electron chi connectivity index (χ4n) is 3.09. The lowest BCUT2D eigenvalue weighted by Gasteiger charge is -2.32. The summed E-state index contributed by atoms with van der Waals surface area (Å²) in [5.41, 5.74) is 0. The van der Waals surface area contributed by atoms with Gasteiger partial charge < -0.3 is 4.43 Å². The summed E-state index contributed by atoms with van der Waals surface area (Å²) >= 11 is 0. The zero-order valence-electron chi connectivity index (χ0n) is 12.8. The van der Waals surface area contributed by atoms with Gasteiger partial charge in [0, 0.05) is 6.42 Å². The summed E-state index contributed by atoms with van der Waals surface area (Å²) in [4.78, 5) is 0. The van der Waals surface area contributed by atoms with Crippen LogP contribution in [0.4, 0.5) is 13.2 Å². The monoisotopic (exact) mass is 308 g/mol. The highest BCUT2D eigenvalue weighted by Crippen LogP contribution is 2.43. The predicted octanol–water partition coefficient (Wildman–Crippen LogP) is 5.54. The number of halogens is 3. The van der Waals surface area contributed by atoms with Crippen molar-refractivity contribution >= 4 is 8.32 Å². The van der Waals surface area contributed by atoms with Crippen molar-refractivity contribution in [1.82, 2.24) is 0 Å². The molecule has 1 aliphatic rings. The van der Waals surface area contributed by atoms with Gasteiger partial charge in [-0.1, -0.05) is 6.08 Å². The molecule has 0 N–H and O–H groups in total. The standard InChI is InChI=1S/C15H27F3OSi/c1-5-6-7-8-12-9-10-13(11-15(16,17)18)14(12)19-20(2,3)4/h5,12-14H,1,6-11H2,2-4H3/t12-,13?,14?/m1/s1. The topological polar surface area (TPSA) is 9.23 Å². The molecule has 0 aromatic rings. The van der Waals surface area contributed by atoms with Gasteiger partial charge >= 0.3 is 6.18 Å². The number of hydrogen-bond acceptors (Lipinski definition) is 1. The molecule has 0 aliphatic heterocycles. The van der Waals surface area contributed by atoms with Crippen molar-refractivity contribution in [2.75, 3.05) is 0 Å². The molecule has 5 heteroatoms. The maximum atomic E-state index is 12.7. The minimum atomic E-state index is -4.08. The highest BCUT2D eigenvalue weighted by atomic mass is 28.4. The average molecular weight is 308 g/mol. The van der Waals surface area contributed by atoms with Crippen molar-refractivity contribution in [3.8, 4) is 0 Å². The fourth-order valence-corrected chi connectivity index (χ4v) is 4.29. The Morgan fingerprint density at radius 3 is 2.30 bits per heavy atom. The Kier molecular flexibility index (Phi) is 6.32. The van der Waals surface area contributed by atoms with E-state index in [1.807, 2.05) is 6.08 Å². The van der Waals surface area contributed by atoms with Gasteiger partial charge in [-0.05, 0) is 63.6 Å². The molecule has 2 unspecified atom stereocenters. The molecule has 0 radical (unpaired) electrons.